The first-order valence-electron chi connectivity index (χ1n) is 10.1. The Morgan fingerprint density at radius 1 is 1.03 bits per heavy atom. The summed E-state index contributed by atoms with van der Waals surface area (Å²) in [6.45, 7) is 4.53. The lowest BCUT2D eigenvalue weighted by molar-refractivity contribution is -0.108. The lowest BCUT2D eigenvalue weighted by Gasteiger charge is -2.10. The first-order chi connectivity index (χ1) is 14.1. The molecule has 0 radical (unpaired) electrons. The summed E-state index contributed by atoms with van der Waals surface area (Å²) in [6, 6.07) is 13.6. The van der Waals surface area contributed by atoms with Crippen molar-refractivity contribution in [3.8, 4) is 5.75 Å². The van der Waals surface area contributed by atoms with Crippen molar-refractivity contribution in [2.75, 3.05) is 0 Å². The Hall–Kier alpha value is -2.59. The minimum absolute atomic E-state index is 0.376. The van der Waals surface area contributed by atoms with E-state index in [1.54, 1.807) is 0 Å². The van der Waals surface area contributed by atoms with E-state index >= 15 is 0 Å². The summed E-state index contributed by atoms with van der Waals surface area (Å²) in [5, 5.41) is -0.967. The molecule has 0 saturated carbocycles. The number of ether oxygens (including phenoxy) is 1. The molecule has 5 heteroatoms. The molecule has 0 atom stereocenters. The highest BCUT2D eigenvalue weighted by Gasteiger charge is 2.27. The molecule has 2 aromatic heterocycles. The molecule has 0 aliphatic rings. The first kappa shape index (κ1) is 21.1. The maximum absolute atomic E-state index is 12.8. The minimum Gasteiger partial charge on any atom is -0.487 e. The summed E-state index contributed by atoms with van der Waals surface area (Å²) in [5.41, 5.74) is 3.98. The third-order valence-electron chi connectivity index (χ3n) is 5.15. The van der Waals surface area contributed by atoms with Gasteiger partial charge in [-0.1, -0.05) is 57.0 Å². The van der Waals surface area contributed by atoms with Gasteiger partial charge in [0.25, 0.3) is 5.24 Å². The summed E-state index contributed by atoms with van der Waals surface area (Å²) >= 11 is 5.61. The molecule has 0 aliphatic carbocycles. The smallest absolute Gasteiger partial charge is 0.293 e. The summed E-state index contributed by atoms with van der Waals surface area (Å²) in [7, 11) is 0. The summed E-state index contributed by atoms with van der Waals surface area (Å²) in [4.78, 5) is 24.5. The Balaban J connectivity index is 2.12. The number of fused-ring (bicyclic) bond motifs is 1. The highest BCUT2D eigenvalue weighted by molar-refractivity contribution is 6.83. The van der Waals surface area contributed by atoms with Crippen molar-refractivity contribution < 1.29 is 14.3 Å². The van der Waals surface area contributed by atoms with Crippen LogP contribution in [-0.4, -0.2) is 15.4 Å². The van der Waals surface area contributed by atoms with Crippen molar-refractivity contribution >= 4 is 28.1 Å². The molecule has 0 fully saturated rings. The van der Waals surface area contributed by atoms with Gasteiger partial charge in [0.15, 0.2) is 0 Å². The fourth-order valence-corrected chi connectivity index (χ4v) is 3.87. The number of unbranched alkanes of at least 4 members (excludes halogenated alkanes) is 2. The molecule has 2 heterocycles. The Bertz CT molecular complexity index is 1010. The van der Waals surface area contributed by atoms with Crippen molar-refractivity contribution in [3.05, 3.63) is 71.0 Å². The molecule has 0 unspecified atom stereocenters. The number of hydrogen-bond acceptors (Lipinski definition) is 3. The first-order valence-corrected chi connectivity index (χ1v) is 10.5. The lowest BCUT2D eigenvalue weighted by atomic mass is 10.0. The number of carbonyl (C=O) groups excluding carboxylic acids is 2. The standard InChI is InChI=1S/C24H26ClNO3/c1-3-5-7-13-19-18(4-2)21(23(27)24(25)28)22-20(14-10-15-26(19)22)29-16-17-11-8-6-9-12-17/h6,8-12,14-15H,3-5,7,13,16H2,1-2H3. The number of aryl methyl sites for hydroxylation is 1. The number of nitrogens with zero attached hydrogens (tertiary/aromatic N) is 1. The van der Waals surface area contributed by atoms with Crippen LogP contribution in [0.25, 0.3) is 5.52 Å². The van der Waals surface area contributed by atoms with E-state index < -0.39 is 11.0 Å². The Kier molecular flexibility index (Phi) is 7.10. The van der Waals surface area contributed by atoms with Gasteiger partial charge in [-0.25, -0.2) is 0 Å². The molecule has 0 aliphatic heterocycles. The molecular weight excluding hydrogens is 386 g/mol. The molecule has 0 N–H and O–H groups in total. The second-order valence-electron chi connectivity index (χ2n) is 7.08. The molecule has 152 valence electrons. The van der Waals surface area contributed by atoms with Gasteiger partial charge >= 0.3 is 0 Å². The van der Waals surface area contributed by atoms with Crippen LogP contribution >= 0.6 is 11.6 Å². The molecule has 29 heavy (non-hydrogen) atoms. The average molecular weight is 412 g/mol. The molecule has 3 aromatic rings. The number of ketones is 1. The molecule has 4 nitrogen and oxygen atoms in total. The van der Waals surface area contributed by atoms with Gasteiger partial charge in [-0.15, -0.1) is 0 Å². The van der Waals surface area contributed by atoms with Crippen molar-refractivity contribution in [1.82, 2.24) is 4.40 Å². The van der Waals surface area contributed by atoms with Gasteiger partial charge in [0.2, 0.25) is 5.78 Å². The van der Waals surface area contributed by atoms with Crippen molar-refractivity contribution in [3.63, 3.8) is 0 Å². The number of carbonyl (C=O) groups is 2. The van der Waals surface area contributed by atoms with Gasteiger partial charge in [0, 0.05) is 11.9 Å². The zero-order chi connectivity index (χ0) is 20.8. The Morgan fingerprint density at radius 2 is 1.79 bits per heavy atom. The molecule has 1 aromatic carbocycles. The van der Waals surface area contributed by atoms with Gasteiger partial charge in [-0.2, -0.15) is 0 Å². The number of benzene rings is 1. The van der Waals surface area contributed by atoms with Crippen LogP contribution in [-0.2, 0) is 24.2 Å². The molecular formula is C24H26ClNO3. The van der Waals surface area contributed by atoms with Crippen molar-refractivity contribution in [2.45, 2.75) is 52.6 Å². The van der Waals surface area contributed by atoms with Gasteiger partial charge in [-0.3, -0.25) is 9.59 Å². The molecule has 0 spiro atoms. The number of aromatic nitrogens is 1. The minimum atomic E-state index is -0.967. The van der Waals surface area contributed by atoms with Gasteiger partial charge < -0.3 is 9.14 Å². The fourth-order valence-electron chi connectivity index (χ4n) is 3.78. The van der Waals surface area contributed by atoms with Crippen LogP contribution in [0.2, 0.25) is 0 Å². The van der Waals surface area contributed by atoms with Crippen LogP contribution in [0.15, 0.2) is 48.7 Å². The fraction of sp³-hybridized carbons (Fsp3) is 0.333. The number of rotatable bonds is 10. The van der Waals surface area contributed by atoms with Crippen molar-refractivity contribution in [2.24, 2.45) is 0 Å². The van der Waals surface area contributed by atoms with E-state index in [0.717, 1.165) is 42.5 Å². The lowest BCUT2D eigenvalue weighted by Crippen LogP contribution is -2.10. The normalized spacial score (nSPS) is 11.0. The van der Waals surface area contributed by atoms with Crippen molar-refractivity contribution in [1.29, 1.82) is 0 Å². The topological polar surface area (TPSA) is 47.8 Å². The second kappa shape index (κ2) is 9.75. The van der Waals surface area contributed by atoms with E-state index in [9.17, 15) is 9.59 Å². The highest BCUT2D eigenvalue weighted by Crippen LogP contribution is 2.33. The predicted molar refractivity (Wildman–Crippen MR) is 116 cm³/mol. The third kappa shape index (κ3) is 4.54. The van der Waals surface area contributed by atoms with Crippen LogP contribution in [0.4, 0.5) is 0 Å². The molecule has 0 saturated heterocycles. The zero-order valence-electron chi connectivity index (χ0n) is 16.9. The van der Waals surface area contributed by atoms with Crippen LogP contribution in [0.5, 0.6) is 5.75 Å². The average Bonchev–Trinajstić information content (AvgIpc) is 3.06. The third-order valence-corrected chi connectivity index (χ3v) is 5.32. The van der Waals surface area contributed by atoms with Crippen LogP contribution in [0, 0.1) is 0 Å². The SMILES string of the molecule is CCCCCc1c(CC)c(C(=O)C(=O)Cl)c2c(OCc3ccccc3)cccn12. The van der Waals surface area contributed by atoms with Gasteiger partial charge in [-0.05, 0) is 54.1 Å². The van der Waals surface area contributed by atoms with E-state index in [0.29, 0.717) is 29.9 Å². The van der Waals surface area contributed by atoms with Crippen LogP contribution in [0.3, 0.4) is 0 Å². The molecule has 3 rings (SSSR count). The number of pyridine rings is 1. The molecule has 0 amide bonds. The van der Waals surface area contributed by atoms with E-state index in [1.807, 2.05) is 60.0 Å². The second-order valence-corrected chi connectivity index (χ2v) is 7.42. The summed E-state index contributed by atoms with van der Waals surface area (Å²) in [5.74, 6) is -0.0902. The summed E-state index contributed by atoms with van der Waals surface area (Å²) < 4.78 is 8.09. The molecule has 0 bridgehead atoms. The Labute approximate surface area is 176 Å². The monoisotopic (exact) mass is 411 g/mol. The number of Topliss-reactive ketones (excluding diaryl/α,β-unsaturated/α-hetero) is 1. The number of halogens is 1. The van der Waals surface area contributed by atoms with Crippen LogP contribution < -0.4 is 4.74 Å². The van der Waals surface area contributed by atoms with E-state index in [-0.39, 0.29) is 0 Å². The Morgan fingerprint density at radius 3 is 2.45 bits per heavy atom. The van der Waals surface area contributed by atoms with Gasteiger partial charge in [0.1, 0.15) is 12.4 Å². The maximum Gasteiger partial charge on any atom is 0.293 e. The zero-order valence-corrected chi connectivity index (χ0v) is 17.7. The predicted octanol–water partition coefficient (Wildman–Crippen LogP) is 5.76. The van der Waals surface area contributed by atoms with E-state index in [1.165, 1.54) is 0 Å². The number of hydrogen-bond donors (Lipinski definition) is 0. The van der Waals surface area contributed by atoms with Crippen LogP contribution in [0.1, 0.15) is 60.3 Å². The quantitative estimate of drug-likeness (QED) is 0.184. The maximum atomic E-state index is 12.8. The summed E-state index contributed by atoms with van der Waals surface area (Å²) in [6.07, 6.45) is 6.66. The highest BCUT2D eigenvalue weighted by atomic mass is 35.5. The van der Waals surface area contributed by atoms with E-state index in [2.05, 4.69) is 6.92 Å². The largest absolute Gasteiger partial charge is 0.487 e. The van der Waals surface area contributed by atoms with E-state index in [4.69, 9.17) is 16.3 Å². The van der Waals surface area contributed by atoms with Gasteiger partial charge in [0.05, 0.1) is 11.1 Å².